The lowest BCUT2D eigenvalue weighted by Gasteiger charge is -2.34. The number of likely N-dealkylation sites (tertiary alicyclic amines) is 1. The zero-order valence-corrected chi connectivity index (χ0v) is 16.5. The van der Waals surface area contributed by atoms with Gasteiger partial charge in [-0.05, 0) is 65.2 Å². The molecule has 0 spiro atoms. The molecular weight excluding hydrogens is 354 g/mol. The van der Waals surface area contributed by atoms with Crippen LogP contribution in [0, 0.1) is 25.7 Å². The first-order valence-corrected chi connectivity index (χ1v) is 9.44. The Bertz CT molecular complexity index is 473. The van der Waals surface area contributed by atoms with E-state index in [0.717, 1.165) is 40.8 Å². The van der Waals surface area contributed by atoms with E-state index in [4.69, 9.17) is 9.47 Å². The highest BCUT2D eigenvalue weighted by atomic mass is 79.9. The average molecular weight is 384 g/mol. The van der Waals surface area contributed by atoms with Gasteiger partial charge < -0.3 is 14.4 Å². The molecule has 1 aliphatic rings. The van der Waals surface area contributed by atoms with E-state index in [-0.39, 0.29) is 0 Å². The van der Waals surface area contributed by atoms with Crippen LogP contribution in [0.4, 0.5) is 0 Å². The smallest absolute Gasteiger partial charge is 0.136 e. The summed E-state index contributed by atoms with van der Waals surface area (Å²) in [7, 11) is 0. The summed E-state index contributed by atoms with van der Waals surface area (Å²) in [6.45, 7) is 14.3. The largest absolute Gasteiger partial charge is 0.490 e. The minimum atomic E-state index is 0.593. The van der Waals surface area contributed by atoms with Crippen molar-refractivity contribution >= 4 is 15.9 Å². The molecule has 2 atom stereocenters. The summed E-state index contributed by atoms with van der Waals surface area (Å²) in [5, 5.41) is 0. The van der Waals surface area contributed by atoms with Crippen LogP contribution in [0.5, 0.6) is 5.75 Å². The summed E-state index contributed by atoms with van der Waals surface area (Å²) in [6, 6.07) is 4.22. The normalized spacial score (nSPS) is 22.3. The van der Waals surface area contributed by atoms with Crippen molar-refractivity contribution in [2.75, 3.05) is 39.5 Å². The molecule has 1 aromatic rings. The summed E-state index contributed by atoms with van der Waals surface area (Å²) in [5.41, 5.74) is 2.40. The molecule has 130 valence electrons. The Kier molecular flexibility index (Phi) is 7.38. The predicted octanol–water partition coefficient (Wildman–Crippen LogP) is 4.44. The van der Waals surface area contributed by atoms with Gasteiger partial charge in [0.2, 0.25) is 0 Å². The highest BCUT2D eigenvalue weighted by molar-refractivity contribution is 9.10. The van der Waals surface area contributed by atoms with Gasteiger partial charge in [-0.1, -0.05) is 19.9 Å². The van der Waals surface area contributed by atoms with Gasteiger partial charge in [-0.3, -0.25) is 0 Å². The molecule has 1 aromatic carbocycles. The molecule has 0 aliphatic carbocycles. The molecule has 23 heavy (non-hydrogen) atoms. The Hall–Kier alpha value is -0.580. The summed E-state index contributed by atoms with van der Waals surface area (Å²) >= 11 is 3.57. The molecule has 0 unspecified atom stereocenters. The molecule has 1 saturated heterocycles. The molecule has 1 aliphatic heterocycles. The molecule has 2 rings (SSSR count). The standard InChI is InChI=1S/C19H30BrNO2/c1-14-10-17(4)19(18(20)11-14)23-8-7-22-6-5-21-12-15(2)9-16(3)13-21/h10-11,15-16H,5-9,12-13H2,1-4H3/t15-,16-/m0/s1. The van der Waals surface area contributed by atoms with Gasteiger partial charge in [-0.2, -0.15) is 0 Å². The maximum Gasteiger partial charge on any atom is 0.136 e. The lowest BCUT2D eigenvalue weighted by atomic mass is 9.92. The van der Waals surface area contributed by atoms with Gasteiger partial charge in [0.05, 0.1) is 17.7 Å². The molecule has 0 bridgehead atoms. The van der Waals surface area contributed by atoms with Gasteiger partial charge in [0, 0.05) is 19.6 Å². The van der Waals surface area contributed by atoms with Crippen LogP contribution in [0.3, 0.4) is 0 Å². The first-order chi connectivity index (χ1) is 11.0. The molecule has 0 amide bonds. The van der Waals surface area contributed by atoms with Gasteiger partial charge >= 0.3 is 0 Å². The van der Waals surface area contributed by atoms with Gasteiger partial charge in [0.15, 0.2) is 0 Å². The predicted molar refractivity (Wildman–Crippen MR) is 99.3 cm³/mol. The molecule has 0 radical (unpaired) electrons. The molecule has 0 aromatic heterocycles. The molecule has 1 heterocycles. The molecule has 3 nitrogen and oxygen atoms in total. The zero-order chi connectivity index (χ0) is 16.8. The quantitative estimate of drug-likeness (QED) is 0.649. The van der Waals surface area contributed by atoms with Crippen molar-refractivity contribution in [2.45, 2.75) is 34.1 Å². The van der Waals surface area contributed by atoms with Crippen molar-refractivity contribution < 1.29 is 9.47 Å². The second-order valence-corrected chi connectivity index (χ2v) is 7.91. The van der Waals surface area contributed by atoms with E-state index < -0.39 is 0 Å². The molecule has 0 N–H and O–H groups in total. The van der Waals surface area contributed by atoms with E-state index in [1.807, 2.05) is 0 Å². The fourth-order valence-corrected chi connectivity index (χ4v) is 4.35. The Balaban J connectivity index is 1.63. The molecule has 0 saturated carbocycles. The van der Waals surface area contributed by atoms with Gasteiger partial charge in [-0.25, -0.2) is 0 Å². The topological polar surface area (TPSA) is 21.7 Å². The Morgan fingerprint density at radius 1 is 1.09 bits per heavy atom. The van der Waals surface area contributed by atoms with Crippen molar-refractivity contribution in [1.82, 2.24) is 4.90 Å². The van der Waals surface area contributed by atoms with Crippen molar-refractivity contribution in [3.05, 3.63) is 27.7 Å². The summed E-state index contributed by atoms with van der Waals surface area (Å²) < 4.78 is 12.6. The van der Waals surface area contributed by atoms with E-state index in [1.165, 1.54) is 25.1 Å². The molecular formula is C19H30BrNO2. The minimum Gasteiger partial charge on any atom is -0.490 e. The third-order valence-corrected chi connectivity index (χ3v) is 4.93. The lowest BCUT2D eigenvalue weighted by Crippen LogP contribution is -2.40. The number of ether oxygens (including phenoxy) is 2. The van der Waals surface area contributed by atoms with Gasteiger partial charge in [0.1, 0.15) is 12.4 Å². The summed E-state index contributed by atoms with van der Waals surface area (Å²) in [5.74, 6) is 2.55. The number of benzene rings is 1. The van der Waals surface area contributed by atoms with Crippen LogP contribution in [0.1, 0.15) is 31.4 Å². The van der Waals surface area contributed by atoms with Crippen LogP contribution in [-0.4, -0.2) is 44.4 Å². The minimum absolute atomic E-state index is 0.593. The zero-order valence-electron chi connectivity index (χ0n) is 14.9. The van der Waals surface area contributed by atoms with Gasteiger partial charge in [-0.15, -0.1) is 0 Å². The third-order valence-electron chi connectivity index (χ3n) is 4.34. The van der Waals surface area contributed by atoms with E-state index in [1.54, 1.807) is 0 Å². The Labute approximate surface area is 149 Å². The average Bonchev–Trinajstić information content (AvgIpc) is 2.43. The maximum absolute atomic E-state index is 5.86. The lowest BCUT2D eigenvalue weighted by molar-refractivity contribution is 0.0593. The van der Waals surface area contributed by atoms with Crippen LogP contribution >= 0.6 is 15.9 Å². The summed E-state index contributed by atoms with van der Waals surface area (Å²) in [4.78, 5) is 2.53. The number of hydrogen-bond acceptors (Lipinski definition) is 3. The van der Waals surface area contributed by atoms with E-state index in [0.29, 0.717) is 13.2 Å². The number of piperidine rings is 1. The van der Waals surface area contributed by atoms with E-state index >= 15 is 0 Å². The van der Waals surface area contributed by atoms with Crippen LogP contribution in [0.25, 0.3) is 0 Å². The number of halogens is 1. The first-order valence-electron chi connectivity index (χ1n) is 8.65. The second kappa shape index (κ2) is 9.05. The first kappa shape index (κ1) is 18.8. The van der Waals surface area contributed by atoms with Crippen LogP contribution < -0.4 is 4.74 Å². The Morgan fingerprint density at radius 2 is 1.78 bits per heavy atom. The fraction of sp³-hybridized carbons (Fsp3) is 0.684. The van der Waals surface area contributed by atoms with Crippen molar-refractivity contribution in [2.24, 2.45) is 11.8 Å². The Morgan fingerprint density at radius 3 is 2.43 bits per heavy atom. The van der Waals surface area contributed by atoms with Gasteiger partial charge in [0.25, 0.3) is 0 Å². The summed E-state index contributed by atoms with van der Waals surface area (Å²) in [6.07, 6.45) is 1.36. The molecule has 4 heteroatoms. The number of aryl methyl sites for hydroxylation is 2. The van der Waals surface area contributed by atoms with Crippen molar-refractivity contribution in [3.8, 4) is 5.75 Å². The second-order valence-electron chi connectivity index (χ2n) is 7.06. The third kappa shape index (κ3) is 6.09. The maximum atomic E-state index is 5.86. The molecule has 1 fully saturated rings. The van der Waals surface area contributed by atoms with Crippen LogP contribution in [0.2, 0.25) is 0 Å². The van der Waals surface area contributed by atoms with Crippen molar-refractivity contribution in [3.63, 3.8) is 0 Å². The monoisotopic (exact) mass is 383 g/mol. The van der Waals surface area contributed by atoms with E-state index in [2.05, 4.69) is 60.7 Å². The van der Waals surface area contributed by atoms with E-state index in [9.17, 15) is 0 Å². The fourth-order valence-electron chi connectivity index (χ4n) is 3.56. The highest BCUT2D eigenvalue weighted by Gasteiger charge is 2.21. The number of hydrogen-bond donors (Lipinski definition) is 0. The number of nitrogens with zero attached hydrogens (tertiary/aromatic N) is 1. The van der Waals surface area contributed by atoms with Crippen LogP contribution in [-0.2, 0) is 4.74 Å². The van der Waals surface area contributed by atoms with Crippen LogP contribution in [0.15, 0.2) is 16.6 Å². The highest BCUT2D eigenvalue weighted by Crippen LogP contribution is 2.30. The SMILES string of the molecule is Cc1cc(C)c(OCCOCCN2C[C@@H](C)C[C@H](C)C2)c(Br)c1. The number of rotatable bonds is 7. The van der Waals surface area contributed by atoms with Crippen molar-refractivity contribution in [1.29, 1.82) is 0 Å².